The summed E-state index contributed by atoms with van der Waals surface area (Å²) in [6.45, 7) is 1.16. The second kappa shape index (κ2) is 12.5. The fraction of sp³-hybridized carbons (Fsp3) is 0.333. The Morgan fingerprint density at radius 3 is 2.64 bits per heavy atom. The zero-order valence-electron chi connectivity index (χ0n) is 22.9. The molecule has 1 saturated heterocycles. The minimum absolute atomic E-state index is 0.111. The van der Waals surface area contributed by atoms with Crippen molar-refractivity contribution in [2.24, 2.45) is 0 Å². The summed E-state index contributed by atoms with van der Waals surface area (Å²) in [7, 11) is 3.35. The van der Waals surface area contributed by atoms with Crippen LogP contribution in [-0.4, -0.2) is 67.0 Å². The van der Waals surface area contributed by atoms with Gasteiger partial charge >= 0.3 is 6.18 Å². The molecule has 0 bridgehead atoms. The number of hydrogen-bond acceptors (Lipinski definition) is 7. The number of nitrogens with zero attached hydrogens (tertiary/aromatic N) is 3. The predicted octanol–water partition coefficient (Wildman–Crippen LogP) is 6.53. The molecule has 0 radical (unpaired) electrons. The second-order valence-electron chi connectivity index (χ2n) is 10.00. The molecule has 2 atom stereocenters. The molecule has 2 aromatic carbocycles. The van der Waals surface area contributed by atoms with Gasteiger partial charge in [0.25, 0.3) is 0 Å². The summed E-state index contributed by atoms with van der Waals surface area (Å²) in [5.74, 6) is 6.10. The maximum absolute atomic E-state index is 14.7. The Morgan fingerprint density at radius 2 is 1.93 bits per heavy atom. The molecule has 42 heavy (non-hydrogen) atoms. The molecule has 3 heterocycles. The van der Waals surface area contributed by atoms with Gasteiger partial charge in [-0.2, -0.15) is 13.2 Å². The zero-order valence-corrected chi connectivity index (χ0v) is 23.7. The van der Waals surface area contributed by atoms with Crippen molar-refractivity contribution in [3.8, 4) is 29.0 Å². The number of thiophene rings is 1. The first-order valence-electron chi connectivity index (χ1n) is 13.2. The number of halogens is 5. The molecule has 0 spiro atoms. The van der Waals surface area contributed by atoms with Crippen LogP contribution in [0.3, 0.4) is 0 Å². The van der Waals surface area contributed by atoms with Crippen LogP contribution in [0.5, 0.6) is 5.75 Å². The Labute approximate surface area is 243 Å². The van der Waals surface area contributed by atoms with Crippen LogP contribution in [0.2, 0.25) is 0 Å². The van der Waals surface area contributed by atoms with Gasteiger partial charge in [0, 0.05) is 18.7 Å². The monoisotopic (exact) mass is 601 g/mol. The third-order valence-corrected chi connectivity index (χ3v) is 8.13. The molecule has 5 rings (SSSR count). The van der Waals surface area contributed by atoms with Gasteiger partial charge in [0.2, 0.25) is 0 Å². The predicted molar refractivity (Wildman–Crippen MR) is 155 cm³/mol. The average molecular weight is 602 g/mol. The van der Waals surface area contributed by atoms with E-state index in [1.165, 1.54) is 18.4 Å². The molecule has 0 saturated carbocycles. The van der Waals surface area contributed by atoms with Gasteiger partial charge in [-0.15, -0.1) is 11.3 Å². The Balaban J connectivity index is 1.38. The second-order valence-corrected chi connectivity index (χ2v) is 11.0. The number of hydrogen-bond donors (Lipinski definition) is 2. The minimum Gasteiger partial charge on any atom is -0.495 e. The van der Waals surface area contributed by atoms with Gasteiger partial charge in [0.15, 0.2) is 11.6 Å². The number of rotatable bonds is 7. The van der Waals surface area contributed by atoms with E-state index in [1.54, 1.807) is 36.4 Å². The van der Waals surface area contributed by atoms with E-state index in [0.717, 1.165) is 18.9 Å². The van der Waals surface area contributed by atoms with E-state index in [0.29, 0.717) is 56.4 Å². The standard InChI is InChI=1S/C30H28F5N5OS/c1-40-12-10-23(22(32)17-40)39-25-6-3-5-20-21(14-30(33,34)35)27(42-28(20)25)7-4-11-36-24-9-8-18(13-26(24)41-2)29-37-15-19(31)16-38-29/h3,5-6,8-9,13,15-16,22-23,36,39H,10-12,14,17H2,1-2H3/t22-,23+/m0/s1. The summed E-state index contributed by atoms with van der Waals surface area (Å²) in [6, 6.07) is 9.85. The molecule has 1 aliphatic rings. The molecule has 4 aromatic rings. The van der Waals surface area contributed by atoms with E-state index in [-0.39, 0.29) is 12.1 Å². The highest BCUT2D eigenvalue weighted by molar-refractivity contribution is 7.20. The van der Waals surface area contributed by atoms with Crippen LogP contribution in [-0.2, 0) is 6.42 Å². The Morgan fingerprint density at radius 1 is 1.14 bits per heavy atom. The van der Waals surface area contributed by atoms with E-state index in [1.807, 2.05) is 11.9 Å². The van der Waals surface area contributed by atoms with Crippen molar-refractivity contribution in [3.05, 3.63) is 65.0 Å². The number of fused-ring (bicyclic) bond motifs is 1. The summed E-state index contributed by atoms with van der Waals surface area (Å²) in [5.41, 5.74) is 1.95. The van der Waals surface area contributed by atoms with E-state index in [4.69, 9.17) is 4.74 Å². The van der Waals surface area contributed by atoms with Crippen LogP contribution < -0.4 is 15.4 Å². The van der Waals surface area contributed by atoms with Crippen LogP contribution in [0.25, 0.3) is 21.5 Å². The fourth-order valence-corrected chi connectivity index (χ4v) is 6.05. The summed E-state index contributed by atoms with van der Waals surface area (Å²) in [6.07, 6.45) is -3.89. The third kappa shape index (κ3) is 6.91. The Kier molecular flexibility index (Phi) is 8.80. The van der Waals surface area contributed by atoms with Crippen LogP contribution in [0.4, 0.5) is 33.3 Å². The highest BCUT2D eigenvalue weighted by Crippen LogP contribution is 2.39. The maximum atomic E-state index is 14.7. The zero-order chi connectivity index (χ0) is 29.9. The van der Waals surface area contributed by atoms with E-state index < -0.39 is 30.6 Å². The Bertz CT molecular complexity index is 1610. The van der Waals surface area contributed by atoms with Gasteiger partial charge in [-0.25, -0.2) is 18.7 Å². The number of ether oxygens (including phenoxy) is 1. The van der Waals surface area contributed by atoms with Gasteiger partial charge in [0.1, 0.15) is 11.9 Å². The van der Waals surface area contributed by atoms with Gasteiger partial charge < -0.3 is 20.3 Å². The molecule has 220 valence electrons. The largest absolute Gasteiger partial charge is 0.495 e. The Hall–Kier alpha value is -3.95. The molecular formula is C30H28F5N5OS. The molecule has 0 aliphatic carbocycles. The number of nitrogens with one attached hydrogen (secondary N) is 2. The average Bonchev–Trinajstić information content (AvgIpc) is 3.29. The van der Waals surface area contributed by atoms with Crippen LogP contribution >= 0.6 is 11.3 Å². The lowest BCUT2D eigenvalue weighted by atomic mass is 10.0. The molecule has 1 aliphatic heterocycles. The van der Waals surface area contributed by atoms with Crippen molar-refractivity contribution >= 4 is 32.8 Å². The van der Waals surface area contributed by atoms with Gasteiger partial charge in [-0.05, 0) is 48.7 Å². The molecule has 2 aromatic heterocycles. The highest BCUT2D eigenvalue weighted by atomic mass is 32.1. The van der Waals surface area contributed by atoms with Crippen molar-refractivity contribution in [2.45, 2.75) is 31.2 Å². The number of benzene rings is 2. The van der Waals surface area contributed by atoms with Gasteiger partial charge in [-0.3, -0.25) is 0 Å². The van der Waals surface area contributed by atoms with Crippen molar-refractivity contribution in [1.82, 2.24) is 14.9 Å². The van der Waals surface area contributed by atoms with Gasteiger partial charge in [0.05, 0.1) is 59.5 Å². The van der Waals surface area contributed by atoms with Crippen LogP contribution in [0.15, 0.2) is 48.8 Å². The smallest absolute Gasteiger partial charge is 0.393 e. The first-order chi connectivity index (χ1) is 20.1. The molecular weight excluding hydrogens is 573 g/mol. The molecule has 12 heteroatoms. The third-order valence-electron chi connectivity index (χ3n) is 6.93. The summed E-state index contributed by atoms with van der Waals surface area (Å²) in [4.78, 5) is 10.2. The highest BCUT2D eigenvalue weighted by Gasteiger charge is 2.32. The van der Waals surface area contributed by atoms with Crippen LogP contribution in [0.1, 0.15) is 16.9 Å². The normalized spacial score (nSPS) is 17.5. The number of alkyl halides is 4. The SMILES string of the molecule is COc1cc(-c2ncc(F)cn2)ccc1NCC#Cc1sc2c(N[C@@H]3CCN(C)C[C@@H]3F)cccc2c1CC(F)(F)F. The molecule has 1 fully saturated rings. The van der Waals surface area contributed by atoms with E-state index in [2.05, 4.69) is 32.4 Å². The summed E-state index contributed by atoms with van der Waals surface area (Å²) < 4.78 is 74.7. The number of piperidine rings is 1. The molecule has 6 nitrogen and oxygen atoms in total. The first-order valence-corrected chi connectivity index (χ1v) is 14.0. The lowest BCUT2D eigenvalue weighted by Gasteiger charge is -2.33. The number of methoxy groups -OCH3 is 1. The number of likely N-dealkylation sites (tertiary alicyclic amines) is 1. The lowest BCUT2D eigenvalue weighted by Crippen LogP contribution is -2.46. The van der Waals surface area contributed by atoms with Crippen molar-refractivity contribution in [1.29, 1.82) is 0 Å². The number of anilines is 2. The quantitative estimate of drug-likeness (QED) is 0.186. The van der Waals surface area contributed by atoms with Crippen molar-refractivity contribution in [3.63, 3.8) is 0 Å². The molecule has 2 N–H and O–H groups in total. The van der Waals surface area contributed by atoms with Crippen molar-refractivity contribution < 1.29 is 26.7 Å². The first kappa shape index (κ1) is 29.5. The summed E-state index contributed by atoms with van der Waals surface area (Å²) in [5, 5.41) is 6.83. The van der Waals surface area contributed by atoms with Crippen molar-refractivity contribution in [2.75, 3.05) is 44.4 Å². The lowest BCUT2D eigenvalue weighted by molar-refractivity contribution is -0.126. The topological polar surface area (TPSA) is 62.3 Å². The minimum atomic E-state index is -4.42. The van der Waals surface area contributed by atoms with Crippen LogP contribution in [0, 0.1) is 17.7 Å². The van der Waals surface area contributed by atoms with E-state index in [9.17, 15) is 22.0 Å². The summed E-state index contributed by atoms with van der Waals surface area (Å²) >= 11 is 1.17. The van der Waals surface area contributed by atoms with E-state index >= 15 is 0 Å². The molecule has 0 amide bonds. The fourth-order valence-electron chi connectivity index (χ4n) is 4.88. The molecule has 0 unspecified atom stereocenters. The maximum Gasteiger partial charge on any atom is 0.393 e. The van der Waals surface area contributed by atoms with Gasteiger partial charge in [-0.1, -0.05) is 24.0 Å². The number of aromatic nitrogens is 2.